The largest absolute Gasteiger partial charge is 0.350 e. The summed E-state index contributed by atoms with van der Waals surface area (Å²) < 4.78 is 3.18. The zero-order valence-electron chi connectivity index (χ0n) is 15.1. The molecule has 1 aliphatic rings. The lowest BCUT2D eigenvalue weighted by molar-refractivity contribution is 0.0951. The van der Waals surface area contributed by atoms with Crippen LogP contribution in [0.1, 0.15) is 34.8 Å². The summed E-state index contributed by atoms with van der Waals surface area (Å²) in [5.41, 5.74) is 2.25. The van der Waals surface area contributed by atoms with Gasteiger partial charge in [-0.2, -0.15) is 0 Å². The Morgan fingerprint density at radius 3 is 2.74 bits per heavy atom. The minimum absolute atomic E-state index is 0.138. The first-order chi connectivity index (χ1) is 13.1. The Hall–Kier alpha value is -3.22. The summed E-state index contributed by atoms with van der Waals surface area (Å²) >= 11 is 0. The molecule has 7 heteroatoms. The summed E-state index contributed by atoms with van der Waals surface area (Å²) in [6.07, 6.45) is 5.39. The number of aryl methyl sites for hydroxylation is 1. The Balaban J connectivity index is 1.51. The Morgan fingerprint density at radius 2 is 2.04 bits per heavy atom. The van der Waals surface area contributed by atoms with Crippen LogP contribution in [0.5, 0.6) is 0 Å². The molecule has 1 saturated carbocycles. The van der Waals surface area contributed by atoms with E-state index in [1.807, 2.05) is 37.3 Å². The predicted octanol–water partition coefficient (Wildman–Crippen LogP) is 2.18. The zero-order chi connectivity index (χ0) is 18.8. The van der Waals surface area contributed by atoms with Gasteiger partial charge in [0, 0.05) is 36.1 Å². The molecule has 4 rings (SSSR count). The number of hydrogen-bond donors (Lipinski definition) is 1. The first-order valence-electron chi connectivity index (χ1n) is 9.08. The minimum Gasteiger partial charge on any atom is -0.350 e. The highest BCUT2D eigenvalue weighted by Crippen LogP contribution is 2.36. The second-order valence-electron chi connectivity index (χ2n) is 6.74. The van der Waals surface area contributed by atoms with Crippen molar-refractivity contribution in [2.75, 3.05) is 6.54 Å². The maximum atomic E-state index is 12.8. The first kappa shape index (κ1) is 17.2. The standard InChI is InChI=1S/C20H21N5O2/c1-14-5-2-3-7-17(14)19(26)22-11-12-24-20(27)25(16-8-9-16)18(23-24)15-6-4-10-21-13-15/h2-7,10,13,16H,8-9,11-12H2,1H3,(H,22,26). The second kappa shape index (κ2) is 7.19. The van der Waals surface area contributed by atoms with Crippen LogP contribution in [0.2, 0.25) is 0 Å². The molecule has 0 unspecified atom stereocenters. The molecule has 0 aliphatic heterocycles. The number of amides is 1. The fourth-order valence-electron chi connectivity index (χ4n) is 3.12. The molecule has 0 atom stereocenters. The van der Waals surface area contributed by atoms with Gasteiger partial charge in [-0.1, -0.05) is 18.2 Å². The Bertz CT molecular complexity index is 1020. The molecule has 1 fully saturated rings. The molecule has 27 heavy (non-hydrogen) atoms. The van der Waals surface area contributed by atoms with Gasteiger partial charge in [-0.05, 0) is 43.5 Å². The highest BCUT2D eigenvalue weighted by molar-refractivity contribution is 5.95. The third kappa shape index (κ3) is 3.53. The van der Waals surface area contributed by atoms with Crippen molar-refractivity contribution in [3.8, 4) is 11.4 Å². The summed E-state index contributed by atoms with van der Waals surface area (Å²) in [4.78, 5) is 29.2. The molecule has 7 nitrogen and oxygen atoms in total. The molecule has 0 spiro atoms. The SMILES string of the molecule is Cc1ccccc1C(=O)NCCn1nc(-c2cccnc2)n(C2CC2)c1=O. The van der Waals surface area contributed by atoms with Gasteiger partial charge >= 0.3 is 5.69 Å². The van der Waals surface area contributed by atoms with Crippen LogP contribution >= 0.6 is 0 Å². The maximum Gasteiger partial charge on any atom is 0.346 e. The van der Waals surface area contributed by atoms with Gasteiger partial charge < -0.3 is 5.32 Å². The molecule has 0 radical (unpaired) electrons. The topological polar surface area (TPSA) is 81.8 Å². The van der Waals surface area contributed by atoms with Gasteiger partial charge in [0.25, 0.3) is 5.91 Å². The van der Waals surface area contributed by atoms with Crippen molar-refractivity contribution in [2.24, 2.45) is 0 Å². The van der Waals surface area contributed by atoms with E-state index in [9.17, 15) is 9.59 Å². The van der Waals surface area contributed by atoms with Crippen LogP contribution in [0.3, 0.4) is 0 Å². The van der Waals surface area contributed by atoms with Crippen LogP contribution in [0.15, 0.2) is 53.6 Å². The summed E-state index contributed by atoms with van der Waals surface area (Å²) in [7, 11) is 0. The van der Waals surface area contributed by atoms with Gasteiger partial charge in [0.15, 0.2) is 5.82 Å². The fourth-order valence-corrected chi connectivity index (χ4v) is 3.12. The van der Waals surface area contributed by atoms with Crippen molar-refractivity contribution >= 4 is 5.91 Å². The molecule has 2 aromatic heterocycles. The van der Waals surface area contributed by atoms with E-state index in [0.29, 0.717) is 24.5 Å². The van der Waals surface area contributed by atoms with E-state index >= 15 is 0 Å². The van der Waals surface area contributed by atoms with E-state index in [1.54, 1.807) is 23.0 Å². The molecule has 0 bridgehead atoms. The quantitative estimate of drug-likeness (QED) is 0.728. The molecular weight excluding hydrogens is 342 g/mol. The molecule has 1 amide bonds. The van der Waals surface area contributed by atoms with E-state index in [4.69, 9.17) is 0 Å². The van der Waals surface area contributed by atoms with Gasteiger partial charge in [-0.3, -0.25) is 14.3 Å². The van der Waals surface area contributed by atoms with Crippen molar-refractivity contribution in [3.63, 3.8) is 0 Å². The lowest BCUT2D eigenvalue weighted by Crippen LogP contribution is -2.32. The monoisotopic (exact) mass is 363 g/mol. The van der Waals surface area contributed by atoms with Crippen molar-refractivity contribution in [1.29, 1.82) is 0 Å². The number of hydrogen-bond acceptors (Lipinski definition) is 4. The van der Waals surface area contributed by atoms with Crippen molar-refractivity contribution in [2.45, 2.75) is 32.4 Å². The van der Waals surface area contributed by atoms with Crippen LogP contribution in [0.25, 0.3) is 11.4 Å². The van der Waals surface area contributed by atoms with Crippen LogP contribution in [0.4, 0.5) is 0 Å². The van der Waals surface area contributed by atoms with Gasteiger partial charge in [0.1, 0.15) is 0 Å². The molecule has 138 valence electrons. The molecule has 1 N–H and O–H groups in total. The Kier molecular flexibility index (Phi) is 4.58. The second-order valence-corrected chi connectivity index (χ2v) is 6.74. The summed E-state index contributed by atoms with van der Waals surface area (Å²) in [5, 5.41) is 7.37. The highest BCUT2D eigenvalue weighted by atomic mass is 16.2. The lowest BCUT2D eigenvalue weighted by Gasteiger charge is -2.07. The molecule has 0 saturated heterocycles. The van der Waals surface area contributed by atoms with E-state index in [0.717, 1.165) is 24.0 Å². The van der Waals surface area contributed by atoms with Crippen molar-refractivity contribution in [1.82, 2.24) is 24.6 Å². The number of rotatable bonds is 6. The fraction of sp³-hybridized carbons (Fsp3) is 0.300. The van der Waals surface area contributed by atoms with Gasteiger partial charge in [0.05, 0.1) is 6.54 Å². The smallest absolute Gasteiger partial charge is 0.346 e. The van der Waals surface area contributed by atoms with Crippen LogP contribution < -0.4 is 11.0 Å². The molecule has 3 aromatic rings. The zero-order valence-corrected chi connectivity index (χ0v) is 15.1. The summed E-state index contributed by atoms with van der Waals surface area (Å²) in [5.74, 6) is 0.496. The number of nitrogens with zero attached hydrogens (tertiary/aromatic N) is 4. The average molecular weight is 363 g/mol. The third-order valence-electron chi connectivity index (χ3n) is 4.70. The number of pyridine rings is 1. The van der Waals surface area contributed by atoms with Crippen LogP contribution in [0, 0.1) is 6.92 Å². The van der Waals surface area contributed by atoms with Crippen molar-refractivity contribution in [3.05, 3.63) is 70.4 Å². The summed E-state index contributed by atoms with van der Waals surface area (Å²) in [6, 6.07) is 11.4. The van der Waals surface area contributed by atoms with Gasteiger partial charge in [-0.25, -0.2) is 9.48 Å². The van der Waals surface area contributed by atoms with E-state index in [1.165, 1.54) is 4.68 Å². The molecule has 1 aliphatic carbocycles. The number of carbonyl (C=O) groups excluding carboxylic acids is 1. The number of nitrogens with one attached hydrogen (secondary N) is 1. The van der Waals surface area contributed by atoms with Crippen molar-refractivity contribution < 1.29 is 4.79 Å². The average Bonchev–Trinajstić information content (AvgIpc) is 3.47. The van der Waals surface area contributed by atoms with E-state index in [-0.39, 0.29) is 17.6 Å². The lowest BCUT2D eigenvalue weighted by atomic mass is 10.1. The minimum atomic E-state index is -0.143. The first-order valence-corrected chi connectivity index (χ1v) is 9.08. The van der Waals surface area contributed by atoms with Gasteiger partial charge in [-0.15, -0.1) is 5.10 Å². The molecule has 1 aromatic carbocycles. The van der Waals surface area contributed by atoms with Gasteiger partial charge in [0.2, 0.25) is 0 Å². The third-order valence-corrected chi connectivity index (χ3v) is 4.70. The summed E-state index contributed by atoms with van der Waals surface area (Å²) in [6.45, 7) is 2.56. The number of aromatic nitrogens is 4. The normalized spacial score (nSPS) is 13.5. The highest BCUT2D eigenvalue weighted by Gasteiger charge is 2.30. The molecule has 2 heterocycles. The number of carbonyl (C=O) groups is 1. The molecular formula is C20H21N5O2. The predicted molar refractivity (Wildman–Crippen MR) is 102 cm³/mol. The van der Waals surface area contributed by atoms with E-state index in [2.05, 4.69) is 15.4 Å². The van der Waals surface area contributed by atoms with Crippen LogP contribution in [-0.2, 0) is 6.54 Å². The van der Waals surface area contributed by atoms with E-state index < -0.39 is 0 Å². The number of benzene rings is 1. The maximum absolute atomic E-state index is 12.8. The van der Waals surface area contributed by atoms with Crippen LogP contribution in [-0.4, -0.2) is 31.8 Å². The Labute approximate surface area is 156 Å². The Morgan fingerprint density at radius 1 is 1.22 bits per heavy atom.